The van der Waals surface area contributed by atoms with Crippen LogP contribution >= 0.6 is 0 Å². The smallest absolute Gasteiger partial charge is 0.245 e. The van der Waals surface area contributed by atoms with Gasteiger partial charge in [-0.25, -0.2) is 12.8 Å². The zero-order chi connectivity index (χ0) is 13.6. The highest BCUT2D eigenvalue weighted by Crippen LogP contribution is 2.34. The summed E-state index contributed by atoms with van der Waals surface area (Å²) in [5.41, 5.74) is 5.53. The number of hydrogen-bond acceptors (Lipinski definition) is 3. The molecule has 0 aromatic heterocycles. The van der Waals surface area contributed by atoms with Gasteiger partial charge >= 0.3 is 0 Å². The van der Waals surface area contributed by atoms with Crippen molar-refractivity contribution in [1.29, 1.82) is 0 Å². The fourth-order valence-electron chi connectivity index (χ4n) is 2.16. The summed E-state index contributed by atoms with van der Waals surface area (Å²) < 4.78 is 39.1. The lowest BCUT2D eigenvalue weighted by molar-refractivity contribution is 0.375. The molecule has 2 N–H and O–H groups in total. The highest BCUT2D eigenvalue weighted by molar-refractivity contribution is 7.89. The first-order valence-corrected chi connectivity index (χ1v) is 7.22. The molecule has 6 heteroatoms. The largest absolute Gasteiger partial charge is 0.398 e. The minimum absolute atomic E-state index is 0.0124. The maximum atomic E-state index is 12.9. The number of halogens is 1. The van der Waals surface area contributed by atoms with Gasteiger partial charge in [-0.15, -0.1) is 0 Å². The van der Waals surface area contributed by atoms with Gasteiger partial charge in [0.25, 0.3) is 0 Å². The Morgan fingerprint density at radius 2 is 2.06 bits per heavy atom. The predicted octanol–water partition coefficient (Wildman–Crippen LogP) is 1.83. The lowest BCUT2D eigenvalue weighted by Gasteiger charge is -2.20. The first kappa shape index (κ1) is 13.3. The predicted molar refractivity (Wildman–Crippen MR) is 68.0 cm³/mol. The molecule has 0 spiro atoms. The summed E-state index contributed by atoms with van der Waals surface area (Å²) in [6.07, 6.45) is 0.813. The van der Waals surface area contributed by atoms with E-state index in [4.69, 9.17) is 5.73 Å². The molecule has 2 rings (SSSR count). The fraction of sp³-hybridized carbons (Fsp3) is 0.500. The third-order valence-corrected chi connectivity index (χ3v) is 5.15. The Morgan fingerprint density at radius 3 is 2.56 bits per heavy atom. The quantitative estimate of drug-likeness (QED) is 0.835. The molecular weight excluding hydrogens is 255 g/mol. The van der Waals surface area contributed by atoms with E-state index in [9.17, 15) is 12.8 Å². The second-order valence-corrected chi connectivity index (χ2v) is 7.34. The van der Waals surface area contributed by atoms with E-state index >= 15 is 0 Å². The normalized spacial score (nSPS) is 20.2. The number of sulfonamides is 1. The SMILES string of the molecule is CC1(C)CCN(S(=O)(=O)c2ccc(F)cc2N)C1. The highest BCUT2D eigenvalue weighted by Gasteiger charge is 2.37. The van der Waals surface area contributed by atoms with Gasteiger partial charge in [-0.2, -0.15) is 4.31 Å². The second kappa shape index (κ2) is 4.20. The first-order chi connectivity index (χ1) is 8.22. The van der Waals surface area contributed by atoms with Crippen molar-refractivity contribution in [2.45, 2.75) is 25.2 Å². The zero-order valence-corrected chi connectivity index (χ0v) is 11.3. The van der Waals surface area contributed by atoms with Gasteiger partial charge in [0, 0.05) is 13.1 Å². The number of nitrogens with zero attached hydrogens (tertiary/aromatic N) is 1. The van der Waals surface area contributed by atoms with Gasteiger partial charge in [0.1, 0.15) is 10.7 Å². The van der Waals surface area contributed by atoms with Crippen molar-refractivity contribution in [1.82, 2.24) is 4.31 Å². The van der Waals surface area contributed by atoms with Crippen molar-refractivity contribution in [3.05, 3.63) is 24.0 Å². The van der Waals surface area contributed by atoms with Crippen LogP contribution in [-0.4, -0.2) is 25.8 Å². The van der Waals surface area contributed by atoms with Gasteiger partial charge in [-0.05, 0) is 30.0 Å². The van der Waals surface area contributed by atoms with Crippen LogP contribution in [0.3, 0.4) is 0 Å². The van der Waals surface area contributed by atoms with Gasteiger partial charge in [0.05, 0.1) is 5.69 Å². The molecule has 0 bridgehead atoms. The maximum Gasteiger partial charge on any atom is 0.245 e. The number of rotatable bonds is 2. The summed E-state index contributed by atoms with van der Waals surface area (Å²) in [7, 11) is -3.62. The second-order valence-electron chi connectivity index (χ2n) is 5.43. The summed E-state index contributed by atoms with van der Waals surface area (Å²) in [6, 6.07) is 3.38. The van der Waals surface area contributed by atoms with Crippen molar-refractivity contribution in [2.75, 3.05) is 18.8 Å². The fourth-order valence-corrected chi connectivity index (χ4v) is 3.89. The molecule has 100 valence electrons. The van der Waals surface area contributed by atoms with E-state index in [1.807, 2.05) is 13.8 Å². The van der Waals surface area contributed by atoms with Gasteiger partial charge in [0.15, 0.2) is 0 Å². The van der Waals surface area contributed by atoms with Crippen LogP contribution in [-0.2, 0) is 10.0 Å². The van der Waals surface area contributed by atoms with Gasteiger partial charge in [0.2, 0.25) is 10.0 Å². The molecule has 1 saturated heterocycles. The molecule has 18 heavy (non-hydrogen) atoms. The van der Waals surface area contributed by atoms with E-state index in [2.05, 4.69) is 0 Å². The van der Waals surface area contributed by atoms with Gasteiger partial charge < -0.3 is 5.73 Å². The summed E-state index contributed by atoms with van der Waals surface area (Å²) in [4.78, 5) is -0.0124. The molecule has 4 nitrogen and oxygen atoms in total. The van der Waals surface area contributed by atoms with Crippen LogP contribution in [0.2, 0.25) is 0 Å². The lowest BCUT2D eigenvalue weighted by atomic mass is 9.93. The van der Waals surface area contributed by atoms with E-state index < -0.39 is 15.8 Å². The summed E-state index contributed by atoms with van der Waals surface area (Å²) in [6.45, 7) is 4.99. The Labute approximate surface area is 107 Å². The minimum Gasteiger partial charge on any atom is -0.398 e. The number of benzene rings is 1. The molecular formula is C12H17FN2O2S. The number of anilines is 1. The number of hydrogen-bond donors (Lipinski definition) is 1. The average Bonchev–Trinajstić information content (AvgIpc) is 2.58. The first-order valence-electron chi connectivity index (χ1n) is 5.78. The van der Waals surface area contributed by atoms with E-state index in [1.165, 1.54) is 10.4 Å². The van der Waals surface area contributed by atoms with Crippen molar-refractivity contribution in [2.24, 2.45) is 5.41 Å². The molecule has 0 amide bonds. The van der Waals surface area contributed by atoms with Crippen LogP contribution in [0.5, 0.6) is 0 Å². The summed E-state index contributed by atoms with van der Waals surface area (Å²) >= 11 is 0. The molecule has 0 radical (unpaired) electrons. The van der Waals surface area contributed by atoms with Crippen LogP contribution in [0, 0.1) is 11.2 Å². The number of nitrogen functional groups attached to an aromatic ring is 1. The molecule has 1 aromatic carbocycles. The van der Waals surface area contributed by atoms with Crippen LogP contribution in [0.15, 0.2) is 23.1 Å². The monoisotopic (exact) mass is 272 g/mol. The maximum absolute atomic E-state index is 12.9. The Bertz CT molecular complexity index is 569. The molecule has 1 aliphatic heterocycles. The summed E-state index contributed by atoms with van der Waals surface area (Å²) in [5, 5.41) is 0. The lowest BCUT2D eigenvalue weighted by Crippen LogP contribution is -2.30. The van der Waals surface area contributed by atoms with E-state index in [0.717, 1.165) is 18.6 Å². The van der Waals surface area contributed by atoms with E-state index in [0.29, 0.717) is 13.1 Å². The van der Waals surface area contributed by atoms with Crippen LogP contribution in [0.25, 0.3) is 0 Å². The highest BCUT2D eigenvalue weighted by atomic mass is 32.2. The summed E-state index contributed by atoms with van der Waals surface area (Å²) in [5.74, 6) is -0.534. The molecule has 0 atom stereocenters. The van der Waals surface area contributed by atoms with Crippen molar-refractivity contribution in [3.63, 3.8) is 0 Å². The standard InChI is InChI=1S/C12H17FN2O2S/c1-12(2)5-6-15(8-12)18(16,17)11-4-3-9(13)7-10(11)14/h3-4,7H,5-6,8,14H2,1-2H3. The Hall–Kier alpha value is -1.14. The molecule has 0 saturated carbocycles. The topological polar surface area (TPSA) is 63.4 Å². The minimum atomic E-state index is -3.62. The van der Waals surface area contributed by atoms with E-state index in [1.54, 1.807) is 0 Å². The molecule has 1 aliphatic rings. The van der Waals surface area contributed by atoms with Crippen molar-refractivity contribution in [3.8, 4) is 0 Å². The third-order valence-electron chi connectivity index (χ3n) is 3.23. The third kappa shape index (κ3) is 2.35. The van der Waals surface area contributed by atoms with Crippen molar-refractivity contribution >= 4 is 15.7 Å². The molecule has 1 heterocycles. The molecule has 1 fully saturated rings. The molecule has 0 unspecified atom stereocenters. The zero-order valence-electron chi connectivity index (χ0n) is 10.5. The van der Waals surface area contributed by atoms with Gasteiger partial charge in [-0.1, -0.05) is 13.8 Å². The van der Waals surface area contributed by atoms with Gasteiger partial charge in [-0.3, -0.25) is 0 Å². The molecule has 0 aliphatic carbocycles. The van der Waals surface area contributed by atoms with Crippen LogP contribution in [0.1, 0.15) is 20.3 Å². The van der Waals surface area contributed by atoms with Crippen LogP contribution in [0.4, 0.5) is 10.1 Å². The van der Waals surface area contributed by atoms with Crippen LogP contribution < -0.4 is 5.73 Å². The Morgan fingerprint density at radius 1 is 1.39 bits per heavy atom. The van der Waals surface area contributed by atoms with E-state index in [-0.39, 0.29) is 16.0 Å². The molecule has 1 aromatic rings. The average molecular weight is 272 g/mol. The van der Waals surface area contributed by atoms with Crippen molar-refractivity contribution < 1.29 is 12.8 Å². The number of nitrogens with two attached hydrogens (primary N) is 1. The Balaban J connectivity index is 2.38. The Kier molecular flexibility index (Phi) is 3.11.